The molecule has 1 aliphatic heterocycles. The van der Waals surface area contributed by atoms with Crippen LogP contribution in [-0.4, -0.2) is 61.5 Å². The van der Waals surface area contributed by atoms with E-state index in [0.717, 1.165) is 16.5 Å². The highest BCUT2D eigenvalue weighted by Crippen LogP contribution is 2.37. The van der Waals surface area contributed by atoms with Gasteiger partial charge in [-0.1, -0.05) is 12.1 Å². The molecule has 238 valence electrons. The highest BCUT2D eigenvalue weighted by Gasteiger charge is 2.27. The van der Waals surface area contributed by atoms with Crippen molar-refractivity contribution in [2.75, 3.05) is 26.3 Å². The molecule has 7 rings (SSSR count). The highest BCUT2D eigenvalue weighted by atomic mass is 19.1. The van der Waals surface area contributed by atoms with E-state index in [4.69, 9.17) is 9.47 Å². The molecule has 4 heterocycles. The van der Waals surface area contributed by atoms with Gasteiger partial charge in [0.15, 0.2) is 17.3 Å². The summed E-state index contributed by atoms with van der Waals surface area (Å²) in [4.78, 5) is 33.9. The van der Waals surface area contributed by atoms with E-state index in [9.17, 15) is 14.0 Å². The molecule has 0 radical (unpaired) electrons. The number of carbonyl (C=O) groups excluding carboxylic acids is 1. The number of halogens is 2. The number of carbonyl (C=O) groups is 1. The Morgan fingerprint density at radius 1 is 1.00 bits per heavy atom. The fourth-order valence-corrected chi connectivity index (χ4v) is 5.89. The number of nitrogens with one attached hydrogen (secondary N) is 1. The zero-order chi connectivity index (χ0) is 32.5. The second-order valence-electron chi connectivity index (χ2n) is 11.3. The topological polar surface area (TPSA) is 107 Å². The first-order chi connectivity index (χ1) is 22.9. The van der Waals surface area contributed by atoms with Crippen LogP contribution in [0.4, 0.5) is 8.78 Å². The van der Waals surface area contributed by atoms with Crippen LogP contribution >= 0.6 is 0 Å². The molecule has 3 aromatic heterocycles. The molecular weight excluding hydrogens is 606 g/mol. The van der Waals surface area contributed by atoms with E-state index in [1.54, 1.807) is 48.5 Å². The standard InChI is InChI=1S/C35H30F2N6O4/c1-41-30(21-42-11-13-46-14-12-42)34(35(45)43(41)26-7-5-25(36)6-8-26)31(44)16-22-4-9-32(28(37)15-22)47-33-17-24-20-39-40-29(24)18-27(33)23-3-2-10-38-19-23/h2-10,15,17-20H,11-14,16,21H2,1H3,(H,39,40). The quantitative estimate of drug-likeness (QED) is 0.211. The summed E-state index contributed by atoms with van der Waals surface area (Å²) in [6, 6.07) is 17.1. The van der Waals surface area contributed by atoms with Crippen molar-refractivity contribution in [2.45, 2.75) is 13.0 Å². The van der Waals surface area contributed by atoms with Gasteiger partial charge in [-0.15, -0.1) is 0 Å². The van der Waals surface area contributed by atoms with E-state index in [0.29, 0.717) is 61.1 Å². The lowest BCUT2D eigenvalue weighted by atomic mass is 10.0. The molecule has 0 unspecified atom stereocenters. The first-order valence-electron chi connectivity index (χ1n) is 15.1. The number of morpholine rings is 1. The van der Waals surface area contributed by atoms with Crippen molar-refractivity contribution in [3.8, 4) is 28.3 Å². The van der Waals surface area contributed by atoms with Gasteiger partial charge in [0.2, 0.25) is 0 Å². The number of pyridine rings is 1. The maximum atomic E-state index is 15.6. The van der Waals surface area contributed by atoms with Crippen LogP contribution in [0.5, 0.6) is 11.5 Å². The van der Waals surface area contributed by atoms with Crippen LogP contribution in [0.15, 0.2) is 90.1 Å². The number of hydrogen-bond donors (Lipinski definition) is 1. The SMILES string of the molecule is Cn1c(CN2CCOCC2)c(C(=O)Cc2ccc(Oc3cc4cn[nH]c4cc3-c3cccnc3)c(F)c2)c(=O)n1-c1ccc(F)cc1. The molecule has 0 amide bonds. The van der Waals surface area contributed by atoms with E-state index in [-0.39, 0.29) is 17.7 Å². The lowest BCUT2D eigenvalue weighted by Gasteiger charge is -2.27. The third-order valence-corrected chi connectivity index (χ3v) is 8.31. The number of nitrogens with zero attached hydrogens (tertiary/aromatic N) is 5. The molecule has 6 aromatic rings. The lowest BCUT2D eigenvalue weighted by molar-refractivity contribution is 0.0329. The normalized spacial score (nSPS) is 13.7. The highest BCUT2D eigenvalue weighted by molar-refractivity contribution is 5.98. The Balaban J connectivity index is 1.19. The Hall–Kier alpha value is -5.46. The van der Waals surface area contributed by atoms with E-state index in [2.05, 4.69) is 20.1 Å². The average Bonchev–Trinajstić information content (AvgIpc) is 3.64. The van der Waals surface area contributed by atoms with E-state index >= 15 is 4.39 Å². The van der Waals surface area contributed by atoms with Crippen LogP contribution < -0.4 is 10.3 Å². The fraction of sp³-hybridized carbons (Fsp3) is 0.200. The smallest absolute Gasteiger partial charge is 0.282 e. The summed E-state index contributed by atoms with van der Waals surface area (Å²) in [7, 11) is 1.70. The van der Waals surface area contributed by atoms with Gasteiger partial charge in [0, 0.05) is 62.0 Å². The monoisotopic (exact) mass is 636 g/mol. The molecule has 0 spiro atoms. The van der Waals surface area contributed by atoms with Gasteiger partial charge in [-0.25, -0.2) is 13.5 Å². The zero-order valence-corrected chi connectivity index (χ0v) is 25.5. The van der Waals surface area contributed by atoms with Gasteiger partial charge in [0.05, 0.1) is 36.3 Å². The van der Waals surface area contributed by atoms with Gasteiger partial charge in [-0.3, -0.25) is 29.3 Å². The van der Waals surface area contributed by atoms with Crippen LogP contribution in [0.3, 0.4) is 0 Å². The molecule has 12 heteroatoms. The molecule has 1 N–H and O–H groups in total. The summed E-state index contributed by atoms with van der Waals surface area (Å²) in [5.74, 6) is -1.17. The van der Waals surface area contributed by atoms with E-state index in [1.165, 1.54) is 41.1 Å². The molecule has 0 saturated carbocycles. The number of rotatable bonds is 9. The summed E-state index contributed by atoms with van der Waals surface area (Å²) < 4.78 is 43.8. The summed E-state index contributed by atoms with van der Waals surface area (Å²) in [6.45, 7) is 2.72. The predicted molar refractivity (Wildman–Crippen MR) is 171 cm³/mol. The molecule has 3 aromatic carbocycles. The van der Waals surface area contributed by atoms with Gasteiger partial charge in [0.25, 0.3) is 5.56 Å². The number of H-pyrrole nitrogens is 1. The van der Waals surface area contributed by atoms with Gasteiger partial charge in [-0.05, 0) is 60.2 Å². The molecule has 47 heavy (non-hydrogen) atoms. The summed E-state index contributed by atoms with van der Waals surface area (Å²) in [6.07, 6.45) is 4.80. The Morgan fingerprint density at radius 2 is 1.81 bits per heavy atom. The third kappa shape index (κ3) is 6.08. The zero-order valence-electron chi connectivity index (χ0n) is 25.5. The van der Waals surface area contributed by atoms with Crippen LogP contribution in [-0.2, 0) is 24.8 Å². The maximum Gasteiger partial charge on any atom is 0.282 e. The van der Waals surface area contributed by atoms with Crippen LogP contribution in [0, 0.1) is 11.6 Å². The Kier molecular flexibility index (Phi) is 8.19. The minimum Gasteiger partial charge on any atom is -0.454 e. The first kappa shape index (κ1) is 30.2. The second kappa shape index (κ2) is 12.7. The molecule has 1 aliphatic rings. The minimum absolute atomic E-state index is 0.0126. The number of ether oxygens (including phenoxy) is 2. The van der Waals surface area contributed by atoms with Crippen molar-refractivity contribution in [2.24, 2.45) is 7.05 Å². The van der Waals surface area contributed by atoms with Crippen molar-refractivity contribution in [3.63, 3.8) is 0 Å². The van der Waals surface area contributed by atoms with Crippen molar-refractivity contribution < 1.29 is 23.0 Å². The lowest BCUT2D eigenvalue weighted by Crippen LogP contribution is -2.36. The number of Topliss-reactive ketones (excluding diaryl/α,β-unsaturated/α-hetero) is 1. The number of benzene rings is 3. The van der Waals surface area contributed by atoms with Gasteiger partial charge in [-0.2, -0.15) is 5.10 Å². The van der Waals surface area contributed by atoms with E-state index in [1.807, 2.05) is 12.1 Å². The molecule has 1 saturated heterocycles. The fourth-order valence-electron chi connectivity index (χ4n) is 5.89. The Morgan fingerprint density at radius 3 is 2.55 bits per heavy atom. The number of hydrogen-bond acceptors (Lipinski definition) is 7. The molecule has 0 atom stereocenters. The predicted octanol–water partition coefficient (Wildman–Crippen LogP) is 5.44. The second-order valence-corrected chi connectivity index (χ2v) is 11.3. The average molecular weight is 637 g/mol. The molecule has 0 aliphatic carbocycles. The minimum atomic E-state index is -0.662. The van der Waals surface area contributed by atoms with Crippen LogP contribution in [0.1, 0.15) is 21.6 Å². The van der Waals surface area contributed by atoms with Crippen molar-refractivity contribution in [3.05, 3.63) is 124 Å². The molecule has 0 bridgehead atoms. The molecule has 1 fully saturated rings. The van der Waals surface area contributed by atoms with Crippen molar-refractivity contribution in [1.82, 2.24) is 29.4 Å². The summed E-state index contributed by atoms with van der Waals surface area (Å²) in [5, 5.41) is 7.81. The van der Waals surface area contributed by atoms with Crippen LogP contribution in [0.25, 0.3) is 27.7 Å². The van der Waals surface area contributed by atoms with Gasteiger partial charge in [0.1, 0.15) is 17.1 Å². The number of aromatic nitrogens is 5. The largest absolute Gasteiger partial charge is 0.454 e. The number of aromatic amines is 1. The molecular formula is C35H30F2N6O4. The van der Waals surface area contributed by atoms with Crippen molar-refractivity contribution in [1.29, 1.82) is 0 Å². The van der Waals surface area contributed by atoms with Gasteiger partial charge < -0.3 is 9.47 Å². The third-order valence-electron chi connectivity index (χ3n) is 8.31. The Labute approximate surface area is 267 Å². The number of fused-ring (bicyclic) bond motifs is 1. The molecule has 10 nitrogen and oxygen atoms in total. The van der Waals surface area contributed by atoms with E-state index < -0.39 is 23.0 Å². The number of ketones is 1. The Bertz CT molecular complexity index is 2130. The van der Waals surface area contributed by atoms with Crippen LogP contribution in [0.2, 0.25) is 0 Å². The first-order valence-corrected chi connectivity index (χ1v) is 15.1. The van der Waals surface area contributed by atoms with Crippen molar-refractivity contribution >= 4 is 16.7 Å². The maximum absolute atomic E-state index is 15.6. The van der Waals surface area contributed by atoms with Gasteiger partial charge >= 0.3 is 0 Å². The summed E-state index contributed by atoms with van der Waals surface area (Å²) >= 11 is 0. The summed E-state index contributed by atoms with van der Waals surface area (Å²) in [5.41, 5.74) is 3.08.